The molecule has 3 aromatic carbocycles. The van der Waals surface area contributed by atoms with Gasteiger partial charge in [0.05, 0.1) is 45.4 Å². The molecule has 3 heterocycles. The number of alkyl halides is 3. The summed E-state index contributed by atoms with van der Waals surface area (Å²) in [5.41, 5.74) is 1.18. The molecule has 2 saturated heterocycles. The zero-order chi connectivity index (χ0) is 36.0. The second-order valence-corrected chi connectivity index (χ2v) is 16.5. The van der Waals surface area contributed by atoms with Gasteiger partial charge in [-0.2, -0.15) is 13.2 Å². The van der Waals surface area contributed by atoms with Crippen LogP contribution in [-0.4, -0.2) is 75.5 Å². The second-order valence-electron chi connectivity index (χ2n) is 14.5. The van der Waals surface area contributed by atoms with Gasteiger partial charge in [-0.25, -0.2) is 13.4 Å². The van der Waals surface area contributed by atoms with E-state index in [1.54, 1.807) is 19.2 Å². The van der Waals surface area contributed by atoms with Gasteiger partial charge in [0, 0.05) is 55.8 Å². The summed E-state index contributed by atoms with van der Waals surface area (Å²) in [6.45, 7) is 3.48. The van der Waals surface area contributed by atoms with Gasteiger partial charge in [0.15, 0.2) is 9.84 Å². The molecule has 0 spiro atoms. The number of piperidine rings is 2. The van der Waals surface area contributed by atoms with E-state index in [-0.39, 0.29) is 28.2 Å². The Morgan fingerprint density at radius 1 is 1.02 bits per heavy atom. The van der Waals surface area contributed by atoms with Gasteiger partial charge in [0.2, 0.25) is 0 Å². The number of sulfone groups is 1. The van der Waals surface area contributed by atoms with E-state index in [4.69, 9.17) is 9.72 Å². The summed E-state index contributed by atoms with van der Waals surface area (Å²) < 4.78 is 74.7. The maximum absolute atomic E-state index is 15.0. The summed E-state index contributed by atoms with van der Waals surface area (Å²) in [4.78, 5) is 20.0. The van der Waals surface area contributed by atoms with Crippen LogP contribution in [-0.2, 0) is 32.8 Å². The molecule has 270 valence electrons. The fourth-order valence-electron chi connectivity index (χ4n) is 8.34. The van der Waals surface area contributed by atoms with Crippen molar-refractivity contribution in [3.8, 4) is 11.3 Å². The molecule has 51 heavy (non-hydrogen) atoms. The first-order valence-corrected chi connectivity index (χ1v) is 19.5. The highest BCUT2D eigenvalue weighted by atomic mass is 32.2. The highest BCUT2D eigenvalue weighted by Crippen LogP contribution is 2.46. The molecule has 0 bridgehead atoms. The lowest BCUT2D eigenvalue weighted by Crippen LogP contribution is -2.63. The van der Waals surface area contributed by atoms with Crippen molar-refractivity contribution in [2.24, 2.45) is 0 Å². The van der Waals surface area contributed by atoms with Crippen molar-refractivity contribution < 1.29 is 35.6 Å². The van der Waals surface area contributed by atoms with Gasteiger partial charge in [-0.05, 0) is 61.6 Å². The molecule has 0 radical (unpaired) electrons. The molecule has 4 aromatic rings. The minimum absolute atomic E-state index is 0.0269. The third-order valence-electron chi connectivity index (χ3n) is 11.2. The number of rotatable bonds is 9. The number of nitrogens with zero attached hydrogens (tertiary/aromatic N) is 2. The molecule has 2 N–H and O–H groups in total. The van der Waals surface area contributed by atoms with Crippen LogP contribution in [0.25, 0.3) is 22.2 Å². The largest absolute Gasteiger partial charge is 0.416 e. The Bertz CT molecular complexity index is 2050. The number of halogens is 3. The van der Waals surface area contributed by atoms with Gasteiger partial charge in [-0.1, -0.05) is 42.5 Å². The van der Waals surface area contributed by atoms with Crippen LogP contribution in [0.5, 0.6) is 0 Å². The number of benzene rings is 3. The zero-order valence-corrected chi connectivity index (χ0v) is 29.7. The minimum atomic E-state index is -4.59. The quantitative estimate of drug-likeness (QED) is 0.189. The van der Waals surface area contributed by atoms with E-state index >= 15 is 4.79 Å². The van der Waals surface area contributed by atoms with E-state index in [2.05, 4.69) is 10.6 Å². The van der Waals surface area contributed by atoms with E-state index in [1.807, 2.05) is 30.3 Å². The molecule has 1 aliphatic carbocycles. The van der Waals surface area contributed by atoms with E-state index in [0.29, 0.717) is 39.7 Å². The molecule has 3 aliphatic rings. The van der Waals surface area contributed by atoms with Gasteiger partial charge < -0.3 is 19.9 Å². The van der Waals surface area contributed by atoms with E-state index in [9.17, 15) is 21.6 Å². The summed E-state index contributed by atoms with van der Waals surface area (Å²) in [6, 6.07) is 19.5. The Balaban J connectivity index is 1.50. The number of hydrogen-bond donors (Lipinski definition) is 2. The molecule has 7 rings (SSSR count). The zero-order valence-electron chi connectivity index (χ0n) is 28.9. The van der Waals surface area contributed by atoms with Crippen molar-refractivity contribution in [2.75, 3.05) is 39.5 Å². The first-order chi connectivity index (χ1) is 24.3. The minimum Gasteiger partial charge on any atom is -0.376 e. The van der Waals surface area contributed by atoms with Crippen LogP contribution >= 0.6 is 0 Å². The third-order valence-corrected chi connectivity index (χ3v) is 12.3. The average Bonchev–Trinajstić information content (AvgIpc) is 3.91. The van der Waals surface area contributed by atoms with Crippen molar-refractivity contribution >= 4 is 26.6 Å². The van der Waals surface area contributed by atoms with Crippen molar-refractivity contribution in [3.05, 3.63) is 95.1 Å². The van der Waals surface area contributed by atoms with Gasteiger partial charge in [-0.15, -0.1) is 0 Å². The van der Waals surface area contributed by atoms with Crippen molar-refractivity contribution in [2.45, 2.75) is 73.8 Å². The summed E-state index contributed by atoms with van der Waals surface area (Å²) in [5.74, 6) is -0.401. The highest BCUT2D eigenvalue weighted by molar-refractivity contribution is 7.90. The normalized spacial score (nSPS) is 22.5. The van der Waals surface area contributed by atoms with Crippen molar-refractivity contribution in [3.63, 3.8) is 0 Å². The maximum atomic E-state index is 15.0. The first-order valence-electron chi connectivity index (χ1n) is 17.6. The number of amides is 1. The number of ether oxygens (including phenoxy) is 1. The Kier molecular flexibility index (Phi) is 9.49. The Labute approximate surface area is 296 Å². The standard InChI is InChI=1S/C39H43F3N4O4S/c1-50-30-12-7-21-46(24-30,29-15-19-43-20-16-29)25-33-35(37(47)45-38(17-18-38)27-9-4-3-5-10-27)32-23-31(51(2,48)49)13-14-34(32)44-36(33)26-8-6-11-28(22-26)39(40,41)42/h3-6,8-11,13-14,22-23,29-30,43H,7,12,15-21,24-25H2,1-2H3/p+1. The molecule has 3 fully saturated rings. The fourth-order valence-corrected chi connectivity index (χ4v) is 8.99. The van der Waals surface area contributed by atoms with E-state index < -0.39 is 33.0 Å². The number of likely N-dealkylation sites (tertiary alicyclic amines) is 1. The molecular weight excluding hydrogens is 678 g/mol. The van der Waals surface area contributed by atoms with Gasteiger partial charge >= 0.3 is 6.18 Å². The number of carbonyl (C=O) groups excluding carboxylic acids is 1. The number of nitrogens with one attached hydrogen (secondary N) is 2. The van der Waals surface area contributed by atoms with Crippen molar-refractivity contribution in [1.29, 1.82) is 0 Å². The topological polar surface area (TPSA) is 97.4 Å². The SMILES string of the molecule is COC1CCC[N+](Cc2c(-c3cccc(C(F)(F)F)c3)nc3ccc(S(C)(=O)=O)cc3c2C(=O)NC2(c3ccccc3)CC2)(C2CCNCC2)C1. The molecule has 2 atom stereocenters. The summed E-state index contributed by atoms with van der Waals surface area (Å²) >= 11 is 0. The van der Waals surface area contributed by atoms with Crippen molar-refractivity contribution in [1.82, 2.24) is 15.6 Å². The Hall–Kier alpha value is -3.84. The number of methoxy groups -OCH3 is 1. The third kappa shape index (κ3) is 7.16. The molecule has 1 saturated carbocycles. The summed E-state index contributed by atoms with van der Waals surface area (Å²) in [7, 11) is -1.97. The molecule has 2 aliphatic heterocycles. The van der Waals surface area contributed by atoms with Crippen LogP contribution in [0.4, 0.5) is 13.2 Å². The smallest absolute Gasteiger partial charge is 0.376 e. The Morgan fingerprint density at radius 2 is 1.76 bits per heavy atom. The lowest BCUT2D eigenvalue weighted by Gasteiger charge is -2.50. The molecule has 2 unspecified atom stereocenters. The lowest BCUT2D eigenvalue weighted by atomic mass is 9.89. The molecule has 1 amide bonds. The Morgan fingerprint density at radius 3 is 2.43 bits per heavy atom. The number of carbonyl (C=O) groups is 1. The van der Waals surface area contributed by atoms with Crippen LogP contribution in [0, 0.1) is 0 Å². The first kappa shape index (κ1) is 35.6. The van der Waals surface area contributed by atoms with Gasteiger partial charge in [0.1, 0.15) is 19.2 Å². The van der Waals surface area contributed by atoms with Gasteiger partial charge in [0.25, 0.3) is 5.91 Å². The van der Waals surface area contributed by atoms with E-state index in [1.165, 1.54) is 18.2 Å². The number of quaternary nitrogens is 1. The predicted octanol–water partition coefficient (Wildman–Crippen LogP) is 6.62. The number of pyridine rings is 1. The number of hydrogen-bond acceptors (Lipinski definition) is 6. The summed E-state index contributed by atoms with van der Waals surface area (Å²) in [6.07, 6.45) is 1.52. The summed E-state index contributed by atoms with van der Waals surface area (Å²) in [5, 5.41) is 7.13. The fraction of sp³-hybridized carbons (Fsp3) is 0.436. The molecular formula is C39H44F3N4O4S+. The number of fused-ring (bicyclic) bond motifs is 1. The lowest BCUT2D eigenvalue weighted by molar-refractivity contribution is -0.971. The van der Waals surface area contributed by atoms with Gasteiger partial charge in [-0.3, -0.25) is 4.79 Å². The van der Waals surface area contributed by atoms with Crippen LogP contribution < -0.4 is 10.6 Å². The second kappa shape index (κ2) is 13.6. The molecule has 12 heteroatoms. The maximum Gasteiger partial charge on any atom is 0.416 e. The highest BCUT2D eigenvalue weighted by Gasteiger charge is 2.48. The van der Waals surface area contributed by atoms with E-state index in [0.717, 1.165) is 82.1 Å². The monoisotopic (exact) mass is 721 g/mol. The predicted molar refractivity (Wildman–Crippen MR) is 190 cm³/mol. The average molecular weight is 722 g/mol. The van der Waals surface area contributed by atoms with Crippen LogP contribution in [0.2, 0.25) is 0 Å². The van der Waals surface area contributed by atoms with Crippen LogP contribution in [0.15, 0.2) is 77.7 Å². The number of aromatic nitrogens is 1. The van der Waals surface area contributed by atoms with Crippen LogP contribution in [0.1, 0.15) is 65.6 Å². The molecule has 1 aromatic heterocycles. The van der Waals surface area contributed by atoms with Crippen LogP contribution in [0.3, 0.4) is 0 Å². The molecule has 8 nitrogen and oxygen atoms in total.